The van der Waals surface area contributed by atoms with Crippen molar-refractivity contribution in [3.05, 3.63) is 16.9 Å². The van der Waals surface area contributed by atoms with Gasteiger partial charge in [0.1, 0.15) is 5.69 Å². The third-order valence-electron chi connectivity index (χ3n) is 7.63. The van der Waals surface area contributed by atoms with E-state index in [1.165, 1.54) is 25.7 Å². The van der Waals surface area contributed by atoms with Crippen molar-refractivity contribution in [2.45, 2.75) is 70.3 Å². The molecule has 0 unspecified atom stereocenters. The molecule has 0 aromatic carbocycles. The van der Waals surface area contributed by atoms with Crippen molar-refractivity contribution in [2.75, 3.05) is 6.54 Å². The highest BCUT2D eigenvalue weighted by molar-refractivity contribution is 6.31. The number of nitrogens with zero attached hydrogens (tertiary/aromatic N) is 3. The van der Waals surface area contributed by atoms with E-state index in [1.54, 1.807) is 4.68 Å². The first kappa shape index (κ1) is 17.1. The Labute approximate surface area is 161 Å². The van der Waals surface area contributed by atoms with Crippen LogP contribution in [0.4, 0.5) is 0 Å². The highest BCUT2D eigenvalue weighted by Crippen LogP contribution is 2.61. The quantitative estimate of drug-likeness (QED) is 0.749. The van der Waals surface area contributed by atoms with Crippen molar-refractivity contribution < 1.29 is 4.79 Å². The molecule has 1 atom stereocenters. The molecular weight excluding hydrogens is 346 g/mol. The van der Waals surface area contributed by atoms with E-state index in [0.29, 0.717) is 10.9 Å². The van der Waals surface area contributed by atoms with Gasteiger partial charge in [0.05, 0.1) is 16.5 Å². The molecule has 5 fully saturated rings. The first-order chi connectivity index (χ1) is 12.5. The first-order valence-corrected chi connectivity index (χ1v) is 10.9. The summed E-state index contributed by atoms with van der Waals surface area (Å²) in [5.41, 5.74) is 0.840. The largest absolute Gasteiger partial charge is 0.333 e. The summed E-state index contributed by atoms with van der Waals surface area (Å²) in [6, 6.07) is 0.0618. The summed E-state index contributed by atoms with van der Waals surface area (Å²) in [6.45, 7) is 0.873. The lowest BCUT2D eigenvalue weighted by Gasteiger charge is -2.57. The Kier molecular flexibility index (Phi) is 4.11. The smallest absolute Gasteiger partial charge is 0.229 e. The van der Waals surface area contributed by atoms with E-state index >= 15 is 0 Å². The first-order valence-electron chi connectivity index (χ1n) is 10.5. The molecule has 142 valence electrons. The molecule has 1 aromatic heterocycles. The van der Waals surface area contributed by atoms with Gasteiger partial charge >= 0.3 is 0 Å². The molecule has 4 bridgehead atoms. The molecular formula is C21H30ClN3O. The van der Waals surface area contributed by atoms with Crippen LogP contribution in [0.25, 0.3) is 0 Å². The maximum absolute atomic E-state index is 14.0. The number of aromatic nitrogens is 2. The molecule has 5 heteroatoms. The SMILES string of the molecule is Cn1cc(Cl)c([C@H]2CCCCCN2C(=O)C23CC4CC(CC(C4)C2)C3)n1. The fourth-order valence-corrected chi connectivity index (χ4v) is 7.32. The molecule has 5 aliphatic rings. The van der Waals surface area contributed by atoms with E-state index in [1.807, 2.05) is 13.2 Å². The van der Waals surface area contributed by atoms with Crippen molar-refractivity contribution in [1.29, 1.82) is 0 Å². The van der Waals surface area contributed by atoms with E-state index in [4.69, 9.17) is 11.6 Å². The lowest BCUT2D eigenvalue weighted by molar-refractivity contribution is -0.160. The molecule has 0 N–H and O–H groups in total. The highest BCUT2D eigenvalue weighted by atomic mass is 35.5. The summed E-state index contributed by atoms with van der Waals surface area (Å²) in [5.74, 6) is 2.84. The molecule has 6 rings (SSSR count). The zero-order chi connectivity index (χ0) is 17.9. The number of amides is 1. The van der Waals surface area contributed by atoms with E-state index in [9.17, 15) is 4.79 Å². The van der Waals surface area contributed by atoms with E-state index in [-0.39, 0.29) is 11.5 Å². The summed E-state index contributed by atoms with van der Waals surface area (Å²) in [5, 5.41) is 5.36. The topological polar surface area (TPSA) is 38.1 Å². The Morgan fingerprint density at radius 2 is 1.77 bits per heavy atom. The lowest BCUT2D eigenvalue weighted by Crippen LogP contribution is -2.55. The van der Waals surface area contributed by atoms with Crippen molar-refractivity contribution >= 4 is 17.5 Å². The van der Waals surface area contributed by atoms with Crippen LogP contribution in [0.1, 0.15) is 75.9 Å². The van der Waals surface area contributed by atoms with Crippen molar-refractivity contribution in [2.24, 2.45) is 30.2 Å². The van der Waals surface area contributed by atoms with Gasteiger partial charge in [-0.2, -0.15) is 5.10 Å². The molecule has 1 aliphatic heterocycles. The Hall–Kier alpha value is -1.03. The fraction of sp³-hybridized carbons (Fsp3) is 0.810. The van der Waals surface area contributed by atoms with Crippen molar-refractivity contribution in [1.82, 2.24) is 14.7 Å². The third-order valence-corrected chi connectivity index (χ3v) is 7.92. The van der Waals surface area contributed by atoms with Gasteiger partial charge in [0.2, 0.25) is 5.91 Å². The van der Waals surface area contributed by atoms with Crippen LogP contribution >= 0.6 is 11.6 Å². The summed E-state index contributed by atoms with van der Waals surface area (Å²) in [6.07, 6.45) is 13.9. The molecule has 1 aromatic rings. The molecule has 1 saturated heterocycles. The normalized spacial score (nSPS) is 39.2. The third kappa shape index (κ3) is 2.71. The van der Waals surface area contributed by atoms with Crippen LogP contribution in [-0.2, 0) is 11.8 Å². The highest BCUT2D eigenvalue weighted by Gasteiger charge is 2.56. The van der Waals surface area contributed by atoms with Crippen molar-refractivity contribution in [3.8, 4) is 0 Å². The van der Waals surface area contributed by atoms with Gasteiger partial charge in [-0.1, -0.05) is 24.4 Å². The van der Waals surface area contributed by atoms with E-state index in [0.717, 1.165) is 68.5 Å². The minimum absolute atomic E-state index is 0.0618. The maximum Gasteiger partial charge on any atom is 0.229 e. The Morgan fingerprint density at radius 1 is 1.12 bits per heavy atom. The Bertz CT molecular complexity index is 677. The predicted octanol–water partition coefficient (Wildman–Crippen LogP) is 4.73. The second-order valence-electron chi connectivity index (χ2n) is 9.60. The van der Waals surface area contributed by atoms with Gasteiger partial charge in [0.25, 0.3) is 0 Å². The summed E-state index contributed by atoms with van der Waals surface area (Å²) in [4.78, 5) is 16.2. The maximum atomic E-state index is 14.0. The average molecular weight is 376 g/mol. The van der Waals surface area contributed by atoms with Gasteiger partial charge in [-0.3, -0.25) is 9.48 Å². The second-order valence-corrected chi connectivity index (χ2v) is 10.0. The van der Waals surface area contributed by atoms with Crippen LogP contribution in [0.5, 0.6) is 0 Å². The zero-order valence-corrected chi connectivity index (χ0v) is 16.5. The monoisotopic (exact) mass is 375 g/mol. The van der Waals surface area contributed by atoms with Crippen LogP contribution < -0.4 is 0 Å². The van der Waals surface area contributed by atoms with Gasteiger partial charge in [-0.05, 0) is 69.1 Å². The van der Waals surface area contributed by atoms with Crippen LogP contribution in [0.3, 0.4) is 0 Å². The van der Waals surface area contributed by atoms with Crippen LogP contribution in [0.15, 0.2) is 6.20 Å². The Morgan fingerprint density at radius 3 is 2.35 bits per heavy atom. The van der Waals surface area contributed by atoms with Crippen LogP contribution in [0.2, 0.25) is 5.02 Å². The average Bonchev–Trinajstić information content (AvgIpc) is 2.79. The summed E-state index contributed by atoms with van der Waals surface area (Å²) in [7, 11) is 1.91. The number of aryl methyl sites for hydroxylation is 1. The number of halogens is 1. The molecule has 4 aliphatic carbocycles. The molecule has 2 heterocycles. The number of carbonyl (C=O) groups excluding carboxylic acids is 1. The predicted molar refractivity (Wildman–Crippen MR) is 102 cm³/mol. The summed E-state index contributed by atoms with van der Waals surface area (Å²) >= 11 is 6.50. The zero-order valence-electron chi connectivity index (χ0n) is 15.8. The minimum atomic E-state index is -0.0708. The number of likely N-dealkylation sites (tertiary alicyclic amines) is 1. The van der Waals surface area contributed by atoms with E-state index < -0.39 is 0 Å². The number of hydrogen-bond donors (Lipinski definition) is 0. The molecule has 4 saturated carbocycles. The molecule has 4 nitrogen and oxygen atoms in total. The Balaban J connectivity index is 1.48. The fourth-order valence-electron chi connectivity index (χ4n) is 7.02. The van der Waals surface area contributed by atoms with Crippen LogP contribution in [0, 0.1) is 23.2 Å². The number of hydrogen-bond acceptors (Lipinski definition) is 2. The summed E-state index contributed by atoms with van der Waals surface area (Å²) < 4.78 is 1.79. The standard InChI is InChI=1S/C21H30ClN3O/c1-24-13-17(22)19(23-24)18-5-3-2-4-6-25(18)20(26)21-10-14-7-15(11-21)9-16(8-14)12-21/h13-16,18H,2-12H2,1H3/t14?,15?,16?,18-,21?/m1/s1. The van der Waals surface area contributed by atoms with Gasteiger partial charge in [0.15, 0.2) is 0 Å². The lowest BCUT2D eigenvalue weighted by atomic mass is 9.49. The molecule has 0 spiro atoms. The van der Waals surface area contributed by atoms with Crippen molar-refractivity contribution in [3.63, 3.8) is 0 Å². The number of carbonyl (C=O) groups is 1. The minimum Gasteiger partial charge on any atom is -0.333 e. The van der Waals surface area contributed by atoms with Gasteiger partial charge in [0, 0.05) is 19.8 Å². The van der Waals surface area contributed by atoms with Crippen LogP contribution in [-0.4, -0.2) is 27.1 Å². The van der Waals surface area contributed by atoms with Gasteiger partial charge in [-0.25, -0.2) is 0 Å². The second kappa shape index (κ2) is 6.25. The van der Waals surface area contributed by atoms with E-state index in [2.05, 4.69) is 10.00 Å². The molecule has 0 radical (unpaired) electrons. The van der Waals surface area contributed by atoms with Gasteiger partial charge < -0.3 is 4.90 Å². The number of rotatable bonds is 2. The van der Waals surface area contributed by atoms with Gasteiger partial charge in [-0.15, -0.1) is 0 Å². The molecule has 26 heavy (non-hydrogen) atoms. The molecule has 1 amide bonds.